The third-order valence-electron chi connectivity index (χ3n) is 2.41. The van der Waals surface area contributed by atoms with E-state index in [1.165, 1.54) is 11.3 Å². The summed E-state index contributed by atoms with van der Waals surface area (Å²) < 4.78 is 6.56. The van der Waals surface area contributed by atoms with E-state index in [0.29, 0.717) is 0 Å². The van der Waals surface area contributed by atoms with Gasteiger partial charge in [0, 0.05) is 11.8 Å². The van der Waals surface area contributed by atoms with Gasteiger partial charge in [-0.1, -0.05) is 35.2 Å². The Morgan fingerprint density at radius 3 is 2.63 bits per heavy atom. The molecule has 1 aromatic carbocycles. The van der Waals surface area contributed by atoms with Gasteiger partial charge < -0.3 is 10.5 Å². The molecule has 0 saturated carbocycles. The van der Waals surface area contributed by atoms with Crippen LogP contribution in [0.15, 0.2) is 34.1 Å². The van der Waals surface area contributed by atoms with E-state index in [1.807, 2.05) is 38.1 Å². The van der Waals surface area contributed by atoms with Gasteiger partial charge in [0.2, 0.25) is 0 Å². The van der Waals surface area contributed by atoms with Crippen LogP contribution in [0.5, 0.6) is 5.75 Å². The summed E-state index contributed by atoms with van der Waals surface area (Å²) in [5.41, 5.74) is 8.99. The van der Waals surface area contributed by atoms with E-state index in [0.717, 1.165) is 21.4 Å². The van der Waals surface area contributed by atoms with Crippen LogP contribution in [-0.2, 0) is 0 Å². The van der Waals surface area contributed by atoms with Crippen molar-refractivity contribution in [2.45, 2.75) is 30.3 Å². The van der Waals surface area contributed by atoms with Crippen LogP contribution in [0, 0.1) is 0 Å². The molecule has 6 heteroatoms. The fourth-order valence-electron chi connectivity index (χ4n) is 1.55. The van der Waals surface area contributed by atoms with Gasteiger partial charge in [0.05, 0.1) is 6.10 Å². The molecule has 0 saturated heterocycles. The quantitative estimate of drug-likeness (QED) is 0.830. The normalized spacial score (nSPS) is 12.6. The second-order valence-electron chi connectivity index (χ2n) is 4.36. The molecule has 0 aliphatic carbocycles. The van der Waals surface area contributed by atoms with Crippen LogP contribution in [0.3, 0.4) is 0 Å². The van der Waals surface area contributed by atoms with Crippen LogP contribution >= 0.6 is 23.1 Å². The van der Waals surface area contributed by atoms with Gasteiger partial charge in [-0.05, 0) is 31.5 Å². The minimum absolute atomic E-state index is 0.0120. The maximum Gasteiger partial charge on any atom is 0.174 e. The molecule has 0 fully saturated rings. The molecule has 19 heavy (non-hydrogen) atoms. The van der Waals surface area contributed by atoms with Crippen molar-refractivity contribution >= 4 is 23.1 Å². The molecule has 2 rings (SSSR count). The average molecular weight is 295 g/mol. The third-order valence-corrected chi connectivity index (χ3v) is 4.39. The summed E-state index contributed by atoms with van der Waals surface area (Å²) in [5.74, 6) is 1.67. The number of hydrogen-bond donors (Lipinski definition) is 1. The summed E-state index contributed by atoms with van der Waals surface area (Å²) in [6.07, 6.45) is 0.187. The molecule has 0 aliphatic rings. The monoisotopic (exact) mass is 295 g/mol. The maximum absolute atomic E-state index is 6.16. The lowest BCUT2D eigenvalue weighted by atomic mass is 10.1. The van der Waals surface area contributed by atoms with E-state index in [1.54, 1.807) is 17.3 Å². The number of aromatic nitrogens is 2. The Hall–Kier alpha value is -1.11. The van der Waals surface area contributed by atoms with Gasteiger partial charge in [-0.25, -0.2) is 0 Å². The molecule has 0 radical (unpaired) electrons. The van der Waals surface area contributed by atoms with Gasteiger partial charge >= 0.3 is 0 Å². The lowest BCUT2D eigenvalue weighted by Crippen LogP contribution is -2.13. The summed E-state index contributed by atoms with van der Waals surface area (Å²) in [4.78, 5) is 0. The number of nitrogens with zero attached hydrogens (tertiary/aromatic N) is 2. The lowest BCUT2D eigenvalue weighted by Gasteiger charge is -2.13. The van der Waals surface area contributed by atoms with Crippen molar-refractivity contribution in [1.82, 2.24) is 10.2 Å². The topological polar surface area (TPSA) is 61.0 Å². The third kappa shape index (κ3) is 4.49. The molecule has 1 aromatic heterocycles. The predicted molar refractivity (Wildman–Crippen MR) is 79.8 cm³/mol. The van der Waals surface area contributed by atoms with E-state index in [9.17, 15) is 0 Å². The van der Waals surface area contributed by atoms with Crippen LogP contribution in [0.2, 0.25) is 0 Å². The van der Waals surface area contributed by atoms with Crippen molar-refractivity contribution in [3.05, 3.63) is 35.3 Å². The van der Waals surface area contributed by atoms with Crippen LogP contribution < -0.4 is 10.5 Å². The molecule has 0 amide bonds. The molecule has 2 N–H and O–H groups in total. The SMILES string of the molecule is CC(C)Oc1ccc(C(N)CSc2nncs2)cc1. The lowest BCUT2D eigenvalue weighted by molar-refractivity contribution is 0.242. The van der Waals surface area contributed by atoms with Gasteiger partial charge in [0.15, 0.2) is 4.34 Å². The van der Waals surface area contributed by atoms with Crippen molar-refractivity contribution < 1.29 is 4.74 Å². The van der Waals surface area contributed by atoms with E-state index >= 15 is 0 Å². The minimum Gasteiger partial charge on any atom is -0.491 e. The summed E-state index contributed by atoms with van der Waals surface area (Å²) in [6.45, 7) is 4.02. The first-order chi connectivity index (χ1) is 9.15. The first kappa shape index (κ1) is 14.3. The summed E-state index contributed by atoms with van der Waals surface area (Å²) in [7, 11) is 0. The Balaban J connectivity index is 1.90. The van der Waals surface area contributed by atoms with Gasteiger partial charge in [0.1, 0.15) is 11.3 Å². The second-order valence-corrected chi connectivity index (χ2v) is 6.46. The van der Waals surface area contributed by atoms with Crippen molar-refractivity contribution in [1.29, 1.82) is 0 Å². The van der Waals surface area contributed by atoms with Gasteiger partial charge in [-0.2, -0.15) is 0 Å². The largest absolute Gasteiger partial charge is 0.491 e. The van der Waals surface area contributed by atoms with Crippen molar-refractivity contribution in [3.63, 3.8) is 0 Å². The van der Waals surface area contributed by atoms with E-state index in [2.05, 4.69) is 10.2 Å². The number of benzene rings is 1. The first-order valence-electron chi connectivity index (χ1n) is 6.06. The number of thioether (sulfide) groups is 1. The Morgan fingerprint density at radius 2 is 2.05 bits per heavy atom. The molecule has 1 atom stereocenters. The second kappa shape index (κ2) is 6.88. The van der Waals surface area contributed by atoms with Crippen LogP contribution in [-0.4, -0.2) is 22.1 Å². The molecule has 1 unspecified atom stereocenters. The predicted octanol–water partition coefficient (Wildman–Crippen LogP) is 3.12. The van der Waals surface area contributed by atoms with Crippen LogP contribution in [0.4, 0.5) is 0 Å². The number of rotatable bonds is 6. The molecule has 4 nitrogen and oxygen atoms in total. The van der Waals surface area contributed by atoms with Gasteiger partial charge in [0.25, 0.3) is 0 Å². The Bertz CT molecular complexity index is 485. The minimum atomic E-state index is -0.0120. The number of hydrogen-bond acceptors (Lipinski definition) is 6. The van der Waals surface area contributed by atoms with E-state index in [4.69, 9.17) is 10.5 Å². The molecule has 0 spiro atoms. The molecule has 2 aromatic rings. The molecule has 0 bridgehead atoms. The first-order valence-corrected chi connectivity index (χ1v) is 7.93. The highest BCUT2D eigenvalue weighted by atomic mass is 32.2. The zero-order valence-corrected chi connectivity index (χ0v) is 12.6. The zero-order chi connectivity index (χ0) is 13.7. The fourth-order valence-corrected chi connectivity index (χ4v) is 3.05. The van der Waals surface area contributed by atoms with E-state index in [-0.39, 0.29) is 12.1 Å². The fraction of sp³-hybridized carbons (Fsp3) is 0.385. The zero-order valence-electron chi connectivity index (χ0n) is 10.9. The summed E-state index contributed by atoms with van der Waals surface area (Å²) >= 11 is 3.17. The van der Waals surface area contributed by atoms with E-state index < -0.39 is 0 Å². The van der Waals surface area contributed by atoms with Gasteiger partial charge in [-0.3, -0.25) is 0 Å². The van der Waals surface area contributed by atoms with Crippen LogP contribution in [0.1, 0.15) is 25.5 Å². The molecular weight excluding hydrogens is 278 g/mol. The molecule has 1 heterocycles. The molecule has 102 valence electrons. The number of ether oxygens (including phenoxy) is 1. The number of nitrogens with two attached hydrogens (primary N) is 1. The smallest absolute Gasteiger partial charge is 0.174 e. The van der Waals surface area contributed by atoms with Crippen molar-refractivity contribution in [3.8, 4) is 5.75 Å². The maximum atomic E-state index is 6.16. The summed E-state index contributed by atoms with van der Waals surface area (Å²) in [6, 6.07) is 7.95. The van der Waals surface area contributed by atoms with Crippen molar-refractivity contribution in [2.75, 3.05) is 5.75 Å². The Labute approximate surface area is 121 Å². The van der Waals surface area contributed by atoms with Crippen molar-refractivity contribution in [2.24, 2.45) is 5.73 Å². The average Bonchev–Trinajstić information content (AvgIpc) is 2.89. The standard InChI is InChI=1S/C13H17N3OS2/c1-9(2)17-11-5-3-10(4-6-11)12(14)7-18-13-16-15-8-19-13/h3-6,8-9,12H,7,14H2,1-2H3. The molecular formula is C13H17N3OS2. The Morgan fingerprint density at radius 1 is 1.32 bits per heavy atom. The highest BCUT2D eigenvalue weighted by Gasteiger charge is 2.08. The molecule has 0 aliphatic heterocycles. The highest BCUT2D eigenvalue weighted by molar-refractivity contribution is 8.01. The van der Waals surface area contributed by atoms with Gasteiger partial charge in [-0.15, -0.1) is 10.2 Å². The highest BCUT2D eigenvalue weighted by Crippen LogP contribution is 2.25. The Kier molecular flexibility index (Phi) is 5.18. The summed E-state index contributed by atoms with van der Waals surface area (Å²) in [5, 5.41) is 7.79. The van der Waals surface area contributed by atoms with Crippen LogP contribution in [0.25, 0.3) is 0 Å².